The maximum atomic E-state index is 12.6. The monoisotopic (exact) mass is 397 g/mol. The highest BCUT2D eigenvalue weighted by atomic mass is 16.5. The number of phenolic OH excluding ortho intramolecular Hbond substituents is 1. The van der Waals surface area contributed by atoms with E-state index < -0.39 is 11.8 Å². The Kier molecular flexibility index (Phi) is 5.72. The number of nitrogens with one attached hydrogen (secondary N) is 1. The largest absolute Gasteiger partial charge is 0.507 e. The highest BCUT2D eigenvalue weighted by molar-refractivity contribution is 6.39. The lowest BCUT2D eigenvalue weighted by Gasteiger charge is -2.18. The van der Waals surface area contributed by atoms with Gasteiger partial charge >= 0.3 is 11.8 Å². The number of primary amides is 1. The van der Waals surface area contributed by atoms with Gasteiger partial charge in [-0.05, 0) is 68.1 Å². The number of ether oxygens (including phenoxy) is 1. The smallest absolute Gasteiger partial charge is 0.313 e. The summed E-state index contributed by atoms with van der Waals surface area (Å²) in [4.78, 5) is 36.8. The molecule has 2 aromatic rings. The zero-order valence-corrected chi connectivity index (χ0v) is 16.3. The van der Waals surface area contributed by atoms with Crippen molar-refractivity contribution in [3.8, 4) is 17.2 Å². The lowest BCUT2D eigenvalue weighted by Crippen LogP contribution is -2.29. The van der Waals surface area contributed by atoms with Gasteiger partial charge in [0.25, 0.3) is 5.91 Å². The maximum absolute atomic E-state index is 12.6. The molecule has 1 aliphatic rings. The first-order chi connectivity index (χ1) is 13.8. The molecule has 0 bridgehead atoms. The molecule has 29 heavy (non-hydrogen) atoms. The number of benzene rings is 2. The third-order valence-corrected chi connectivity index (χ3v) is 4.75. The fourth-order valence-corrected chi connectivity index (χ4v) is 3.33. The van der Waals surface area contributed by atoms with Crippen molar-refractivity contribution in [2.24, 2.45) is 5.73 Å². The number of amides is 3. The third kappa shape index (κ3) is 4.48. The highest BCUT2D eigenvalue weighted by Crippen LogP contribution is 2.34. The molecule has 8 heteroatoms. The number of carbonyl (C=O) groups is 3. The summed E-state index contributed by atoms with van der Waals surface area (Å²) in [6.45, 7) is 4.94. The molecule has 0 aliphatic carbocycles. The quantitative estimate of drug-likeness (QED) is 0.684. The number of nitrogens with two attached hydrogens (primary N) is 1. The Morgan fingerprint density at radius 2 is 1.69 bits per heavy atom. The van der Waals surface area contributed by atoms with Gasteiger partial charge in [0, 0.05) is 18.8 Å². The van der Waals surface area contributed by atoms with E-state index in [0.29, 0.717) is 41.4 Å². The molecule has 3 rings (SSSR count). The van der Waals surface area contributed by atoms with Crippen LogP contribution in [-0.4, -0.2) is 40.8 Å². The van der Waals surface area contributed by atoms with Gasteiger partial charge in [-0.15, -0.1) is 0 Å². The van der Waals surface area contributed by atoms with Crippen LogP contribution in [0.3, 0.4) is 0 Å². The lowest BCUT2D eigenvalue weighted by atomic mass is 10.1. The van der Waals surface area contributed by atoms with Gasteiger partial charge in [-0.2, -0.15) is 0 Å². The van der Waals surface area contributed by atoms with Crippen molar-refractivity contribution in [1.82, 2.24) is 4.90 Å². The molecule has 3 amide bonds. The number of aryl methyl sites for hydroxylation is 2. The summed E-state index contributed by atoms with van der Waals surface area (Å²) >= 11 is 0. The zero-order valence-electron chi connectivity index (χ0n) is 16.3. The molecule has 4 N–H and O–H groups in total. The number of hydrogen-bond acceptors (Lipinski definition) is 5. The number of aromatic hydroxyl groups is 1. The van der Waals surface area contributed by atoms with Gasteiger partial charge in [-0.1, -0.05) is 0 Å². The SMILES string of the molecule is Cc1cc(NC(=O)C(N)=O)cc(C)c1Oc1ccc(O)c(C(=O)N2CCCC2)c1. The topological polar surface area (TPSA) is 122 Å². The van der Waals surface area contributed by atoms with Crippen LogP contribution in [0.15, 0.2) is 30.3 Å². The number of phenols is 1. The van der Waals surface area contributed by atoms with Crippen LogP contribution in [0.2, 0.25) is 0 Å². The number of hydrogen-bond donors (Lipinski definition) is 3. The Hall–Kier alpha value is -3.55. The summed E-state index contributed by atoms with van der Waals surface area (Å²) in [6.07, 6.45) is 1.92. The van der Waals surface area contributed by atoms with E-state index in [9.17, 15) is 19.5 Å². The van der Waals surface area contributed by atoms with Crippen LogP contribution < -0.4 is 15.8 Å². The number of anilines is 1. The van der Waals surface area contributed by atoms with Crippen LogP contribution >= 0.6 is 0 Å². The van der Waals surface area contributed by atoms with Gasteiger partial charge in [0.15, 0.2) is 0 Å². The molecule has 0 saturated carbocycles. The highest BCUT2D eigenvalue weighted by Gasteiger charge is 2.23. The van der Waals surface area contributed by atoms with E-state index in [1.165, 1.54) is 12.1 Å². The van der Waals surface area contributed by atoms with E-state index >= 15 is 0 Å². The van der Waals surface area contributed by atoms with Crippen molar-refractivity contribution < 1.29 is 24.2 Å². The van der Waals surface area contributed by atoms with Crippen LogP contribution in [0.1, 0.15) is 34.3 Å². The fraction of sp³-hybridized carbons (Fsp3) is 0.286. The van der Waals surface area contributed by atoms with Gasteiger partial charge in [-0.25, -0.2) is 0 Å². The molecule has 152 valence electrons. The molecular weight excluding hydrogens is 374 g/mol. The summed E-state index contributed by atoms with van der Waals surface area (Å²) in [5.41, 5.74) is 7.01. The minimum absolute atomic E-state index is 0.0906. The molecule has 2 aromatic carbocycles. The van der Waals surface area contributed by atoms with Crippen molar-refractivity contribution >= 4 is 23.4 Å². The molecule has 1 aliphatic heterocycles. The Morgan fingerprint density at radius 3 is 2.28 bits per heavy atom. The summed E-state index contributed by atoms with van der Waals surface area (Å²) in [5.74, 6) is -1.32. The molecule has 0 unspecified atom stereocenters. The van der Waals surface area contributed by atoms with E-state index in [0.717, 1.165) is 12.8 Å². The summed E-state index contributed by atoms with van der Waals surface area (Å²) in [6, 6.07) is 7.85. The van der Waals surface area contributed by atoms with Crippen LogP contribution in [-0.2, 0) is 9.59 Å². The first-order valence-corrected chi connectivity index (χ1v) is 9.28. The first kappa shape index (κ1) is 20.2. The van der Waals surface area contributed by atoms with Crippen LogP contribution in [0.25, 0.3) is 0 Å². The molecule has 0 aromatic heterocycles. The normalized spacial score (nSPS) is 13.2. The van der Waals surface area contributed by atoms with Crippen molar-refractivity contribution in [2.75, 3.05) is 18.4 Å². The lowest BCUT2D eigenvalue weighted by molar-refractivity contribution is -0.134. The summed E-state index contributed by atoms with van der Waals surface area (Å²) < 4.78 is 5.97. The zero-order chi connectivity index (χ0) is 21.1. The maximum Gasteiger partial charge on any atom is 0.313 e. The van der Waals surface area contributed by atoms with Crippen molar-refractivity contribution in [3.05, 3.63) is 47.0 Å². The number of likely N-dealkylation sites (tertiary alicyclic amines) is 1. The van der Waals surface area contributed by atoms with Gasteiger partial charge in [0.1, 0.15) is 17.2 Å². The van der Waals surface area contributed by atoms with E-state index in [2.05, 4.69) is 5.32 Å². The third-order valence-electron chi connectivity index (χ3n) is 4.75. The Morgan fingerprint density at radius 1 is 1.07 bits per heavy atom. The summed E-state index contributed by atoms with van der Waals surface area (Å²) in [5, 5.41) is 12.5. The predicted molar refractivity (Wildman–Crippen MR) is 107 cm³/mol. The molecule has 0 radical (unpaired) electrons. The molecule has 8 nitrogen and oxygen atoms in total. The van der Waals surface area contributed by atoms with Crippen LogP contribution in [0, 0.1) is 13.8 Å². The first-order valence-electron chi connectivity index (χ1n) is 9.28. The Bertz CT molecular complexity index is 957. The average molecular weight is 397 g/mol. The summed E-state index contributed by atoms with van der Waals surface area (Å²) in [7, 11) is 0. The van der Waals surface area contributed by atoms with Gasteiger partial charge < -0.3 is 25.8 Å². The average Bonchev–Trinajstić information content (AvgIpc) is 3.20. The molecule has 0 spiro atoms. The van der Waals surface area contributed by atoms with Gasteiger partial charge in [0.05, 0.1) is 5.56 Å². The van der Waals surface area contributed by atoms with E-state index in [4.69, 9.17) is 10.5 Å². The second-order valence-corrected chi connectivity index (χ2v) is 7.04. The standard InChI is InChI=1S/C21H23N3O5/c1-12-9-14(23-20(27)19(22)26)10-13(2)18(12)29-15-5-6-17(25)16(11-15)21(28)24-7-3-4-8-24/h5-6,9-11,25H,3-4,7-8H2,1-2H3,(H2,22,26)(H,23,27). The molecule has 0 atom stereocenters. The molecule has 1 heterocycles. The van der Waals surface area contributed by atoms with Gasteiger partial charge in [-0.3, -0.25) is 14.4 Å². The minimum Gasteiger partial charge on any atom is -0.507 e. The fourth-order valence-electron chi connectivity index (χ4n) is 3.33. The van der Waals surface area contributed by atoms with Crippen molar-refractivity contribution in [3.63, 3.8) is 0 Å². The molecule has 1 saturated heterocycles. The minimum atomic E-state index is -1.07. The van der Waals surface area contributed by atoms with E-state index in [1.54, 1.807) is 36.9 Å². The second-order valence-electron chi connectivity index (χ2n) is 7.04. The Balaban J connectivity index is 1.84. The number of carbonyl (C=O) groups excluding carboxylic acids is 3. The van der Waals surface area contributed by atoms with E-state index in [-0.39, 0.29) is 17.2 Å². The number of rotatable bonds is 4. The molecule has 1 fully saturated rings. The second kappa shape index (κ2) is 8.22. The number of nitrogens with zero attached hydrogens (tertiary/aromatic N) is 1. The van der Waals surface area contributed by atoms with Gasteiger partial charge in [0.2, 0.25) is 0 Å². The van der Waals surface area contributed by atoms with E-state index in [1.807, 2.05) is 0 Å². The van der Waals surface area contributed by atoms with Crippen LogP contribution in [0.4, 0.5) is 5.69 Å². The molecular formula is C21H23N3O5. The van der Waals surface area contributed by atoms with Crippen LogP contribution in [0.5, 0.6) is 17.2 Å². The van der Waals surface area contributed by atoms with Crippen molar-refractivity contribution in [1.29, 1.82) is 0 Å². The Labute approximate surface area is 168 Å². The predicted octanol–water partition coefficient (Wildman–Crippen LogP) is 2.46. The van der Waals surface area contributed by atoms with Crippen molar-refractivity contribution in [2.45, 2.75) is 26.7 Å².